The van der Waals surface area contributed by atoms with Crippen molar-refractivity contribution in [2.45, 2.75) is 31.7 Å². The van der Waals surface area contributed by atoms with Gasteiger partial charge in [-0.25, -0.2) is 13.1 Å². The van der Waals surface area contributed by atoms with Crippen molar-refractivity contribution < 1.29 is 17.9 Å². The summed E-state index contributed by atoms with van der Waals surface area (Å²) in [7, 11) is -3.54. The monoisotopic (exact) mass is 395 g/mol. The van der Waals surface area contributed by atoms with Gasteiger partial charge in [0.05, 0.1) is 30.2 Å². The minimum absolute atomic E-state index is 0.0580. The molecule has 0 N–H and O–H groups in total. The number of fused-ring (bicyclic) bond motifs is 1. The third-order valence-electron chi connectivity index (χ3n) is 4.73. The lowest BCUT2D eigenvalue weighted by Gasteiger charge is -2.26. The first-order valence-corrected chi connectivity index (χ1v) is 10.6. The van der Waals surface area contributed by atoms with Crippen LogP contribution in [-0.2, 0) is 26.1 Å². The highest BCUT2D eigenvalue weighted by atomic mass is 32.2. The first kappa shape index (κ1) is 19.7. The molecular formula is C17H25N5O4S. The SMILES string of the molecule is CCN(CC)S(=O)(=O)c1ccc2c(c1)nnn2CCC(=O)N1CCOCC1. The summed E-state index contributed by atoms with van der Waals surface area (Å²) in [6.45, 7) is 7.20. The summed E-state index contributed by atoms with van der Waals surface area (Å²) in [5.41, 5.74) is 1.21. The van der Waals surface area contributed by atoms with E-state index < -0.39 is 10.0 Å². The van der Waals surface area contributed by atoms with Gasteiger partial charge in [-0.2, -0.15) is 4.31 Å². The molecule has 1 aliphatic rings. The average molecular weight is 395 g/mol. The molecule has 148 valence electrons. The Morgan fingerprint density at radius 3 is 2.59 bits per heavy atom. The molecule has 0 unspecified atom stereocenters. The van der Waals surface area contributed by atoms with E-state index in [1.807, 2.05) is 0 Å². The fourth-order valence-electron chi connectivity index (χ4n) is 3.16. The number of benzene rings is 1. The van der Waals surface area contributed by atoms with Crippen molar-refractivity contribution in [2.75, 3.05) is 39.4 Å². The summed E-state index contributed by atoms with van der Waals surface area (Å²) < 4.78 is 33.6. The Labute approximate surface area is 158 Å². The largest absolute Gasteiger partial charge is 0.378 e. The highest BCUT2D eigenvalue weighted by molar-refractivity contribution is 7.89. The molecule has 0 bridgehead atoms. The molecule has 1 aromatic carbocycles. The number of hydrogen-bond acceptors (Lipinski definition) is 6. The predicted molar refractivity (Wildman–Crippen MR) is 99.7 cm³/mol. The van der Waals surface area contributed by atoms with Gasteiger partial charge in [0.2, 0.25) is 15.9 Å². The fraction of sp³-hybridized carbons (Fsp3) is 0.588. The van der Waals surface area contributed by atoms with Crippen LogP contribution in [0, 0.1) is 0 Å². The van der Waals surface area contributed by atoms with Crippen molar-refractivity contribution in [3.05, 3.63) is 18.2 Å². The Balaban J connectivity index is 1.75. The summed E-state index contributed by atoms with van der Waals surface area (Å²) in [5.74, 6) is 0.0580. The normalized spacial score (nSPS) is 15.6. The van der Waals surface area contributed by atoms with Crippen LogP contribution in [0.5, 0.6) is 0 Å². The van der Waals surface area contributed by atoms with Gasteiger partial charge in [-0.3, -0.25) is 4.79 Å². The number of amides is 1. The number of sulfonamides is 1. The first-order chi connectivity index (χ1) is 13.0. The standard InChI is InChI=1S/C17H25N5O4S/c1-3-21(4-2)27(24,25)14-5-6-16-15(13-14)18-19-22(16)8-7-17(23)20-9-11-26-12-10-20/h5-6,13H,3-4,7-12H2,1-2H3. The molecule has 0 radical (unpaired) electrons. The van der Waals surface area contributed by atoms with E-state index in [1.54, 1.807) is 35.6 Å². The van der Waals surface area contributed by atoms with Crippen LogP contribution >= 0.6 is 0 Å². The molecule has 0 saturated carbocycles. The quantitative estimate of drug-likeness (QED) is 0.685. The summed E-state index contributed by atoms with van der Waals surface area (Å²) in [6.07, 6.45) is 0.317. The zero-order valence-corrected chi connectivity index (χ0v) is 16.5. The van der Waals surface area contributed by atoms with E-state index in [1.165, 1.54) is 10.4 Å². The Kier molecular flexibility index (Phi) is 6.08. The van der Waals surface area contributed by atoms with Crippen molar-refractivity contribution in [3.8, 4) is 0 Å². The number of carbonyl (C=O) groups is 1. The molecule has 0 atom stereocenters. The van der Waals surface area contributed by atoms with Crippen LogP contribution in [0.4, 0.5) is 0 Å². The summed E-state index contributed by atoms with van der Waals surface area (Å²) in [6, 6.07) is 4.81. The number of hydrogen-bond donors (Lipinski definition) is 0. The first-order valence-electron chi connectivity index (χ1n) is 9.16. The Hall–Kier alpha value is -2.04. The van der Waals surface area contributed by atoms with E-state index in [-0.39, 0.29) is 10.8 Å². The molecule has 1 saturated heterocycles. The second-order valence-electron chi connectivity index (χ2n) is 6.30. The lowest BCUT2D eigenvalue weighted by atomic mass is 10.3. The molecular weight excluding hydrogens is 370 g/mol. The number of morpholine rings is 1. The zero-order valence-electron chi connectivity index (χ0n) is 15.7. The molecule has 10 heteroatoms. The van der Waals surface area contributed by atoms with E-state index in [2.05, 4.69) is 10.3 Å². The average Bonchev–Trinajstić information content (AvgIpc) is 3.10. The fourth-order valence-corrected chi connectivity index (χ4v) is 4.64. The number of ether oxygens (including phenoxy) is 1. The molecule has 1 amide bonds. The molecule has 2 heterocycles. The maximum Gasteiger partial charge on any atom is 0.243 e. The van der Waals surface area contributed by atoms with Gasteiger partial charge >= 0.3 is 0 Å². The van der Waals surface area contributed by atoms with Crippen LogP contribution in [0.2, 0.25) is 0 Å². The van der Waals surface area contributed by atoms with Crippen LogP contribution in [-0.4, -0.2) is 77.9 Å². The molecule has 1 aromatic heterocycles. The van der Waals surface area contributed by atoms with Gasteiger partial charge in [0.25, 0.3) is 0 Å². The van der Waals surface area contributed by atoms with Crippen LogP contribution in [0.1, 0.15) is 20.3 Å². The second kappa shape index (κ2) is 8.32. The van der Waals surface area contributed by atoms with Gasteiger partial charge in [-0.15, -0.1) is 5.10 Å². The molecule has 3 rings (SSSR count). The van der Waals surface area contributed by atoms with E-state index in [9.17, 15) is 13.2 Å². The van der Waals surface area contributed by atoms with Gasteiger partial charge in [-0.05, 0) is 18.2 Å². The van der Waals surface area contributed by atoms with Gasteiger partial charge < -0.3 is 9.64 Å². The number of aryl methyl sites for hydroxylation is 1. The number of nitrogens with zero attached hydrogens (tertiary/aromatic N) is 5. The number of carbonyl (C=O) groups excluding carboxylic acids is 1. The maximum absolute atomic E-state index is 12.6. The highest BCUT2D eigenvalue weighted by Crippen LogP contribution is 2.20. The summed E-state index contributed by atoms with van der Waals surface area (Å²) in [4.78, 5) is 14.3. The zero-order chi connectivity index (χ0) is 19.4. The Morgan fingerprint density at radius 1 is 1.22 bits per heavy atom. The van der Waals surface area contributed by atoms with E-state index in [0.717, 1.165) is 0 Å². The molecule has 2 aromatic rings. The van der Waals surface area contributed by atoms with E-state index in [0.29, 0.717) is 63.4 Å². The summed E-state index contributed by atoms with van der Waals surface area (Å²) >= 11 is 0. The smallest absolute Gasteiger partial charge is 0.243 e. The van der Waals surface area contributed by atoms with Gasteiger partial charge in [0.15, 0.2) is 0 Å². The topological polar surface area (TPSA) is 97.6 Å². The van der Waals surface area contributed by atoms with Gasteiger partial charge in [0.1, 0.15) is 5.52 Å². The number of rotatable bonds is 7. The molecule has 1 aliphatic heterocycles. The van der Waals surface area contributed by atoms with Crippen LogP contribution in [0.3, 0.4) is 0 Å². The Morgan fingerprint density at radius 2 is 1.93 bits per heavy atom. The maximum atomic E-state index is 12.6. The van der Waals surface area contributed by atoms with Gasteiger partial charge in [-0.1, -0.05) is 19.1 Å². The lowest BCUT2D eigenvalue weighted by molar-refractivity contribution is -0.135. The second-order valence-corrected chi connectivity index (χ2v) is 8.23. The molecule has 1 fully saturated rings. The third-order valence-corrected chi connectivity index (χ3v) is 6.78. The van der Waals surface area contributed by atoms with Crippen molar-refractivity contribution in [1.82, 2.24) is 24.2 Å². The lowest BCUT2D eigenvalue weighted by Crippen LogP contribution is -2.41. The molecule has 9 nitrogen and oxygen atoms in total. The third kappa shape index (κ3) is 4.12. The van der Waals surface area contributed by atoms with Gasteiger partial charge in [0, 0.05) is 32.6 Å². The summed E-state index contributed by atoms with van der Waals surface area (Å²) in [5, 5.41) is 8.16. The molecule has 0 aliphatic carbocycles. The highest BCUT2D eigenvalue weighted by Gasteiger charge is 2.23. The molecule has 0 spiro atoms. The minimum atomic E-state index is -3.54. The number of aromatic nitrogens is 3. The minimum Gasteiger partial charge on any atom is -0.378 e. The predicted octanol–water partition coefficient (Wildman–Crippen LogP) is 0.711. The Bertz CT molecular complexity index is 901. The van der Waals surface area contributed by atoms with Crippen LogP contribution in [0.15, 0.2) is 23.1 Å². The van der Waals surface area contributed by atoms with E-state index in [4.69, 9.17) is 4.74 Å². The van der Waals surface area contributed by atoms with Crippen molar-refractivity contribution in [1.29, 1.82) is 0 Å². The van der Waals surface area contributed by atoms with E-state index >= 15 is 0 Å². The van der Waals surface area contributed by atoms with Crippen LogP contribution < -0.4 is 0 Å². The van der Waals surface area contributed by atoms with Crippen LogP contribution in [0.25, 0.3) is 11.0 Å². The van der Waals surface area contributed by atoms with Crippen molar-refractivity contribution in [3.63, 3.8) is 0 Å². The van der Waals surface area contributed by atoms with Crippen molar-refractivity contribution in [2.24, 2.45) is 0 Å². The van der Waals surface area contributed by atoms with Crippen molar-refractivity contribution >= 4 is 27.0 Å². The molecule has 27 heavy (non-hydrogen) atoms.